The van der Waals surface area contributed by atoms with Crippen molar-refractivity contribution in [1.82, 2.24) is 0 Å². The fourth-order valence-electron chi connectivity index (χ4n) is 2.49. The lowest BCUT2D eigenvalue weighted by molar-refractivity contribution is -0.115. The Kier molecular flexibility index (Phi) is 2.25. The van der Waals surface area contributed by atoms with E-state index in [4.69, 9.17) is 0 Å². The molecule has 0 fully saturated rings. The quantitative estimate of drug-likeness (QED) is 0.797. The number of nitrogens with one attached hydrogen (secondary N) is 1. The highest BCUT2D eigenvalue weighted by molar-refractivity contribution is 6.03. The van der Waals surface area contributed by atoms with E-state index in [0.717, 1.165) is 23.6 Å². The van der Waals surface area contributed by atoms with Crippen LogP contribution in [0, 0.1) is 0 Å². The molecule has 17 heavy (non-hydrogen) atoms. The Morgan fingerprint density at radius 1 is 1.35 bits per heavy atom. The first-order valence-electron chi connectivity index (χ1n) is 5.86. The number of likely N-dealkylation sites (N-methyl/N-ethyl adjacent to an activating group) is 1. The Hall–Kier alpha value is -2.03. The van der Waals surface area contributed by atoms with Gasteiger partial charge in [0.15, 0.2) is 5.78 Å². The van der Waals surface area contributed by atoms with Gasteiger partial charge < -0.3 is 10.2 Å². The summed E-state index contributed by atoms with van der Waals surface area (Å²) in [6.45, 7) is 2.89. The minimum atomic E-state index is -0.181. The Bertz CT molecular complexity index is 531. The summed E-state index contributed by atoms with van der Waals surface area (Å²) < 4.78 is 0. The SMILES string of the molecule is CCN1c2ccccc2NC2=CC=CC(=O)C21. The number of rotatable bonds is 1. The molecule has 0 bridgehead atoms. The lowest BCUT2D eigenvalue weighted by Gasteiger charge is -2.39. The Morgan fingerprint density at radius 2 is 2.18 bits per heavy atom. The fourth-order valence-corrected chi connectivity index (χ4v) is 2.49. The lowest BCUT2D eigenvalue weighted by atomic mass is 9.97. The minimum Gasteiger partial charge on any atom is -0.355 e. The highest BCUT2D eigenvalue weighted by Crippen LogP contribution is 2.36. The smallest absolute Gasteiger partial charge is 0.184 e. The first kappa shape index (κ1) is 10.1. The average molecular weight is 226 g/mol. The maximum absolute atomic E-state index is 12.0. The third kappa shape index (κ3) is 1.46. The van der Waals surface area contributed by atoms with Crippen molar-refractivity contribution in [2.45, 2.75) is 13.0 Å². The molecule has 3 rings (SSSR count). The van der Waals surface area contributed by atoms with Gasteiger partial charge in [-0.3, -0.25) is 4.79 Å². The van der Waals surface area contributed by atoms with Gasteiger partial charge >= 0.3 is 0 Å². The van der Waals surface area contributed by atoms with Gasteiger partial charge in [-0.05, 0) is 31.2 Å². The van der Waals surface area contributed by atoms with Crippen molar-refractivity contribution >= 4 is 17.2 Å². The van der Waals surface area contributed by atoms with Gasteiger partial charge in [-0.15, -0.1) is 0 Å². The van der Waals surface area contributed by atoms with Gasteiger partial charge in [-0.25, -0.2) is 0 Å². The Labute approximate surface area is 100 Å². The summed E-state index contributed by atoms with van der Waals surface area (Å²) in [5.74, 6) is 0.145. The number of hydrogen-bond acceptors (Lipinski definition) is 3. The van der Waals surface area contributed by atoms with E-state index in [2.05, 4.69) is 17.1 Å². The number of allylic oxidation sites excluding steroid dienone is 2. The number of anilines is 2. The van der Waals surface area contributed by atoms with Gasteiger partial charge in [0.1, 0.15) is 6.04 Å². The largest absolute Gasteiger partial charge is 0.355 e. The first-order valence-corrected chi connectivity index (χ1v) is 5.86. The maximum Gasteiger partial charge on any atom is 0.184 e. The van der Waals surface area contributed by atoms with Crippen LogP contribution < -0.4 is 10.2 Å². The van der Waals surface area contributed by atoms with Crippen molar-refractivity contribution in [1.29, 1.82) is 0 Å². The minimum absolute atomic E-state index is 0.145. The number of carbonyl (C=O) groups excluding carboxylic acids is 1. The maximum atomic E-state index is 12.0. The Balaban J connectivity index is 2.14. The van der Waals surface area contributed by atoms with Crippen molar-refractivity contribution in [3.05, 3.63) is 48.2 Å². The molecule has 1 aliphatic carbocycles. The summed E-state index contributed by atoms with van der Waals surface area (Å²) in [7, 11) is 0. The number of hydrogen-bond donors (Lipinski definition) is 1. The molecule has 1 aromatic carbocycles. The van der Waals surface area contributed by atoms with E-state index in [1.807, 2.05) is 36.4 Å². The molecule has 1 N–H and O–H groups in total. The van der Waals surface area contributed by atoms with Crippen LogP contribution in [0.15, 0.2) is 48.2 Å². The summed E-state index contributed by atoms with van der Waals surface area (Å²) >= 11 is 0. The molecule has 1 unspecified atom stereocenters. The zero-order chi connectivity index (χ0) is 11.8. The van der Waals surface area contributed by atoms with E-state index in [1.54, 1.807) is 6.08 Å². The molecule has 0 amide bonds. The third-order valence-electron chi connectivity index (χ3n) is 3.25. The highest BCUT2D eigenvalue weighted by atomic mass is 16.1. The van der Waals surface area contributed by atoms with E-state index in [0.29, 0.717) is 0 Å². The van der Waals surface area contributed by atoms with E-state index in [-0.39, 0.29) is 11.8 Å². The topological polar surface area (TPSA) is 32.3 Å². The summed E-state index contributed by atoms with van der Waals surface area (Å²) in [5, 5.41) is 3.34. The van der Waals surface area contributed by atoms with Crippen LogP contribution in [0.25, 0.3) is 0 Å². The lowest BCUT2D eigenvalue weighted by Crippen LogP contribution is -2.47. The van der Waals surface area contributed by atoms with E-state index in [1.165, 1.54) is 0 Å². The van der Waals surface area contributed by atoms with E-state index in [9.17, 15) is 4.79 Å². The number of para-hydroxylation sites is 2. The molecule has 1 aliphatic heterocycles. The predicted molar refractivity (Wildman–Crippen MR) is 69.1 cm³/mol. The van der Waals surface area contributed by atoms with Crippen molar-refractivity contribution in [3.63, 3.8) is 0 Å². The summed E-state index contributed by atoms with van der Waals surface area (Å²) in [4.78, 5) is 14.1. The molecular formula is C14H14N2O. The van der Waals surface area contributed by atoms with Gasteiger partial charge in [-0.2, -0.15) is 0 Å². The van der Waals surface area contributed by atoms with Gasteiger partial charge in [0.25, 0.3) is 0 Å². The van der Waals surface area contributed by atoms with E-state index >= 15 is 0 Å². The second-order valence-electron chi connectivity index (χ2n) is 4.21. The van der Waals surface area contributed by atoms with Crippen molar-refractivity contribution in [2.24, 2.45) is 0 Å². The van der Waals surface area contributed by atoms with Crippen LogP contribution >= 0.6 is 0 Å². The normalized spacial score (nSPS) is 21.5. The number of carbonyl (C=O) groups is 1. The summed E-state index contributed by atoms with van der Waals surface area (Å²) in [6.07, 6.45) is 5.43. The fraction of sp³-hybridized carbons (Fsp3) is 0.214. The molecule has 1 atom stereocenters. The Morgan fingerprint density at radius 3 is 3.00 bits per heavy atom. The van der Waals surface area contributed by atoms with Gasteiger partial charge in [0, 0.05) is 12.2 Å². The van der Waals surface area contributed by atoms with Gasteiger partial charge in [0.2, 0.25) is 0 Å². The average Bonchev–Trinajstić information content (AvgIpc) is 2.36. The molecule has 1 heterocycles. The molecule has 0 saturated carbocycles. The number of benzene rings is 1. The summed E-state index contributed by atoms with van der Waals surface area (Å²) in [6, 6.07) is 7.91. The number of nitrogens with zero attached hydrogens (tertiary/aromatic N) is 1. The molecule has 0 aromatic heterocycles. The van der Waals surface area contributed by atoms with Gasteiger partial charge in [0.05, 0.1) is 11.4 Å². The van der Waals surface area contributed by atoms with Crippen molar-refractivity contribution in [2.75, 3.05) is 16.8 Å². The van der Waals surface area contributed by atoms with Crippen LogP contribution in [-0.2, 0) is 4.79 Å². The number of ketones is 1. The van der Waals surface area contributed by atoms with Crippen LogP contribution in [0.5, 0.6) is 0 Å². The van der Waals surface area contributed by atoms with Crippen LogP contribution in [0.1, 0.15) is 6.92 Å². The standard InChI is InChI=1S/C14H14N2O/c1-2-16-12-8-4-3-6-10(12)15-11-7-5-9-13(17)14(11)16/h3-9,14-15H,2H2,1H3. The van der Waals surface area contributed by atoms with Gasteiger partial charge in [-0.1, -0.05) is 18.2 Å². The molecule has 1 aromatic rings. The van der Waals surface area contributed by atoms with E-state index < -0.39 is 0 Å². The second kappa shape index (κ2) is 3.77. The van der Waals surface area contributed by atoms with Crippen LogP contribution in [0.2, 0.25) is 0 Å². The zero-order valence-corrected chi connectivity index (χ0v) is 9.68. The molecular weight excluding hydrogens is 212 g/mol. The zero-order valence-electron chi connectivity index (χ0n) is 9.68. The second-order valence-corrected chi connectivity index (χ2v) is 4.21. The molecule has 86 valence electrons. The third-order valence-corrected chi connectivity index (χ3v) is 3.25. The molecule has 2 aliphatic rings. The van der Waals surface area contributed by atoms with Crippen LogP contribution in [-0.4, -0.2) is 18.4 Å². The molecule has 0 spiro atoms. The van der Waals surface area contributed by atoms with Crippen LogP contribution in [0.4, 0.5) is 11.4 Å². The van der Waals surface area contributed by atoms with Crippen molar-refractivity contribution < 1.29 is 4.79 Å². The molecule has 0 radical (unpaired) electrons. The number of fused-ring (bicyclic) bond motifs is 2. The van der Waals surface area contributed by atoms with Crippen molar-refractivity contribution in [3.8, 4) is 0 Å². The van der Waals surface area contributed by atoms with Crippen LogP contribution in [0.3, 0.4) is 0 Å². The predicted octanol–water partition coefficient (Wildman–Crippen LogP) is 2.33. The molecule has 3 heteroatoms. The highest BCUT2D eigenvalue weighted by Gasteiger charge is 2.33. The first-order chi connectivity index (χ1) is 8.31. The monoisotopic (exact) mass is 226 g/mol. The summed E-state index contributed by atoms with van der Waals surface area (Å²) in [5.41, 5.74) is 3.14. The molecule has 3 nitrogen and oxygen atoms in total. The molecule has 0 saturated heterocycles.